The number of carbonyl (C=O) groups excluding carboxylic acids is 1. The molecule has 6 heteroatoms. The van der Waals surface area contributed by atoms with E-state index in [1.165, 1.54) is 6.07 Å². The van der Waals surface area contributed by atoms with Crippen LogP contribution in [0.5, 0.6) is 0 Å². The number of hydrogen-bond donors (Lipinski definition) is 2. The van der Waals surface area contributed by atoms with Gasteiger partial charge in [-0.15, -0.1) is 0 Å². The molecule has 0 spiro atoms. The summed E-state index contributed by atoms with van der Waals surface area (Å²) in [5.74, 6) is -1.04. The predicted molar refractivity (Wildman–Crippen MR) is 80.5 cm³/mol. The molecule has 2 rings (SSSR count). The third kappa shape index (κ3) is 3.45. The molecule has 1 fully saturated rings. The second-order valence-corrected chi connectivity index (χ2v) is 6.82. The summed E-state index contributed by atoms with van der Waals surface area (Å²) >= 11 is 1.86. The highest BCUT2D eigenvalue weighted by Gasteiger charge is 2.26. The first-order chi connectivity index (χ1) is 9.47. The zero-order valence-corrected chi connectivity index (χ0v) is 12.3. The van der Waals surface area contributed by atoms with Crippen LogP contribution in [0.25, 0.3) is 0 Å². The summed E-state index contributed by atoms with van der Waals surface area (Å²) < 4.78 is 0. The molecule has 1 aromatic carbocycles. The Morgan fingerprint density at radius 2 is 1.85 bits per heavy atom. The highest BCUT2D eigenvalue weighted by molar-refractivity contribution is 8.00. The van der Waals surface area contributed by atoms with Crippen LogP contribution in [0.4, 0.5) is 10.5 Å². The number of hydrogen-bond acceptors (Lipinski definition) is 3. The molecule has 5 nitrogen and oxygen atoms in total. The van der Waals surface area contributed by atoms with Gasteiger partial charge in [0.1, 0.15) is 0 Å². The molecule has 0 aliphatic carbocycles. The quantitative estimate of drug-likeness (QED) is 0.880. The summed E-state index contributed by atoms with van der Waals surface area (Å²) in [6.45, 7) is 5.53. The van der Waals surface area contributed by atoms with Crippen molar-refractivity contribution >= 4 is 29.4 Å². The largest absolute Gasteiger partial charge is 0.478 e. The Morgan fingerprint density at radius 1 is 1.25 bits per heavy atom. The number of aromatic carboxylic acids is 1. The van der Waals surface area contributed by atoms with E-state index in [-0.39, 0.29) is 11.6 Å². The Morgan fingerprint density at radius 3 is 2.45 bits per heavy atom. The second kappa shape index (κ2) is 6.17. The molecule has 1 heterocycles. The van der Waals surface area contributed by atoms with Crippen LogP contribution < -0.4 is 5.32 Å². The third-order valence-corrected chi connectivity index (χ3v) is 4.33. The van der Waals surface area contributed by atoms with E-state index in [1.54, 1.807) is 23.1 Å². The number of anilines is 1. The van der Waals surface area contributed by atoms with Gasteiger partial charge in [0.05, 0.1) is 11.3 Å². The number of carbonyl (C=O) groups is 2. The molecule has 2 atom stereocenters. The summed E-state index contributed by atoms with van der Waals surface area (Å²) in [4.78, 5) is 25.1. The minimum atomic E-state index is -1.04. The van der Waals surface area contributed by atoms with E-state index < -0.39 is 5.97 Å². The Hall–Kier alpha value is -1.69. The first-order valence-corrected chi connectivity index (χ1v) is 7.45. The fraction of sp³-hybridized carbons (Fsp3) is 0.429. The van der Waals surface area contributed by atoms with Crippen LogP contribution in [0.2, 0.25) is 0 Å². The predicted octanol–water partition coefficient (Wildman–Crippen LogP) is 2.74. The molecule has 1 aliphatic heterocycles. The lowest BCUT2D eigenvalue weighted by atomic mass is 10.2. The van der Waals surface area contributed by atoms with Crippen molar-refractivity contribution in [1.82, 2.24) is 4.90 Å². The molecule has 1 saturated heterocycles. The molecular formula is C14H18N2O3S. The fourth-order valence-corrected chi connectivity index (χ4v) is 3.64. The van der Waals surface area contributed by atoms with Gasteiger partial charge in [0, 0.05) is 23.6 Å². The number of carboxylic acids is 1. The number of para-hydroxylation sites is 1. The topological polar surface area (TPSA) is 69.6 Å². The van der Waals surface area contributed by atoms with Crippen molar-refractivity contribution in [2.75, 3.05) is 18.4 Å². The fourth-order valence-electron chi connectivity index (χ4n) is 2.32. The highest BCUT2D eigenvalue weighted by atomic mass is 32.2. The highest BCUT2D eigenvalue weighted by Crippen LogP contribution is 2.25. The van der Waals surface area contributed by atoms with Crippen LogP contribution in [0.3, 0.4) is 0 Å². The molecule has 2 unspecified atom stereocenters. The minimum absolute atomic E-state index is 0.105. The van der Waals surface area contributed by atoms with E-state index in [0.29, 0.717) is 29.3 Å². The van der Waals surface area contributed by atoms with Gasteiger partial charge in [-0.2, -0.15) is 11.8 Å². The monoisotopic (exact) mass is 294 g/mol. The van der Waals surface area contributed by atoms with E-state index in [0.717, 1.165) is 0 Å². The molecule has 1 aromatic rings. The Bertz CT molecular complexity index is 511. The van der Waals surface area contributed by atoms with E-state index in [2.05, 4.69) is 19.2 Å². The zero-order chi connectivity index (χ0) is 14.7. The maximum atomic E-state index is 12.2. The molecule has 108 valence electrons. The number of carboxylic acid groups (broad SMARTS) is 1. The van der Waals surface area contributed by atoms with E-state index >= 15 is 0 Å². The zero-order valence-electron chi connectivity index (χ0n) is 11.5. The molecule has 2 amide bonds. The number of nitrogens with zero attached hydrogens (tertiary/aromatic N) is 1. The smallest absolute Gasteiger partial charge is 0.337 e. The second-order valence-electron chi connectivity index (χ2n) is 4.94. The Labute approximate surface area is 122 Å². The molecule has 1 aliphatic rings. The van der Waals surface area contributed by atoms with E-state index in [1.807, 2.05) is 11.8 Å². The van der Waals surface area contributed by atoms with Gasteiger partial charge in [-0.3, -0.25) is 0 Å². The van der Waals surface area contributed by atoms with Crippen LogP contribution in [0.15, 0.2) is 24.3 Å². The maximum Gasteiger partial charge on any atom is 0.337 e. The number of rotatable bonds is 2. The van der Waals surface area contributed by atoms with Crippen molar-refractivity contribution in [3.63, 3.8) is 0 Å². The summed E-state index contributed by atoms with van der Waals surface area (Å²) in [7, 11) is 0. The number of urea groups is 1. The van der Waals surface area contributed by atoms with Crippen molar-refractivity contribution < 1.29 is 14.7 Å². The van der Waals surface area contributed by atoms with Crippen LogP contribution in [0, 0.1) is 0 Å². The number of benzene rings is 1. The van der Waals surface area contributed by atoms with Gasteiger partial charge >= 0.3 is 12.0 Å². The number of nitrogens with one attached hydrogen (secondary N) is 1. The summed E-state index contributed by atoms with van der Waals surface area (Å²) in [6, 6.07) is 6.19. The van der Waals surface area contributed by atoms with Crippen molar-refractivity contribution in [3.05, 3.63) is 29.8 Å². The van der Waals surface area contributed by atoms with Gasteiger partial charge in [-0.1, -0.05) is 26.0 Å². The maximum absolute atomic E-state index is 12.2. The Kier molecular flexibility index (Phi) is 4.54. The lowest BCUT2D eigenvalue weighted by molar-refractivity contribution is 0.0698. The van der Waals surface area contributed by atoms with E-state index in [4.69, 9.17) is 5.11 Å². The molecule has 0 bridgehead atoms. The normalized spacial score (nSPS) is 22.4. The summed E-state index contributed by atoms with van der Waals surface area (Å²) in [5, 5.41) is 12.6. The van der Waals surface area contributed by atoms with Crippen molar-refractivity contribution in [2.24, 2.45) is 0 Å². The van der Waals surface area contributed by atoms with Gasteiger partial charge in [0.25, 0.3) is 0 Å². The molecule has 20 heavy (non-hydrogen) atoms. The van der Waals surface area contributed by atoms with E-state index in [9.17, 15) is 9.59 Å². The standard InChI is InChI=1S/C14H18N2O3S/c1-9-7-16(8-10(2)20-9)14(19)15-12-6-4-3-5-11(12)13(17)18/h3-6,9-10H,7-8H2,1-2H3,(H,15,19)(H,17,18). The summed E-state index contributed by atoms with van der Waals surface area (Å²) in [5.41, 5.74) is 0.442. The van der Waals surface area contributed by atoms with Crippen molar-refractivity contribution in [1.29, 1.82) is 0 Å². The minimum Gasteiger partial charge on any atom is -0.478 e. The van der Waals surface area contributed by atoms with Gasteiger partial charge in [-0.05, 0) is 12.1 Å². The number of thioether (sulfide) groups is 1. The molecule has 0 saturated carbocycles. The lowest BCUT2D eigenvalue weighted by Crippen LogP contribution is -2.46. The molecular weight excluding hydrogens is 276 g/mol. The van der Waals surface area contributed by atoms with Crippen LogP contribution in [0.1, 0.15) is 24.2 Å². The third-order valence-electron chi connectivity index (χ3n) is 3.11. The van der Waals surface area contributed by atoms with Gasteiger partial charge in [0.15, 0.2) is 0 Å². The average Bonchev–Trinajstić information content (AvgIpc) is 2.37. The first-order valence-electron chi connectivity index (χ1n) is 6.51. The van der Waals surface area contributed by atoms with Crippen molar-refractivity contribution in [2.45, 2.75) is 24.3 Å². The first kappa shape index (κ1) is 14.7. The van der Waals surface area contributed by atoms with Gasteiger partial charge in [-0.25, -0.2) is 9.59 Å². The molecule has 0 radical (unpaired) electrons. The lowest BCUT2D eigenvalue weighted by Gasteiger charge is -2.34. The van der Waals surface area contributed by atoms with Crippen molar-refractivity contribution in [3.8, 4) is 0 Å². The van der Waals surface area contributed by atoms with Crippen LogP contribution in [-0.2, 0) is 0 Å². The molecule has 2 N–H and O–H groups in total. The van der Waals surface area contributed by atoms with Gasteiger partial charge in [0.2, 0.25) is 0 Å². The van der Waals surface area contributed by atoms with Crippen LogP contribution in [-0.4, -0.2) is 45.6 Å². The number of amides is 2. The molecule has 0 aromatic heterocycles. The summed E-state index contributed by atoms with van der Waals surface area (Å²) in [6.07, 6.45) is 0. The Balaban J connectivity index is 2.10. The average molecular weight is 294 g/mol. The van der Waals surface area contributed by atoms with Crippen LogP contribution >= 0.6 is 11.8 Å². The van der Waals surface area contributed by atoms with Gasteiger partial charge < -0.3 is 15.3 Å². The SMILES string of the molecule is CC1CN(C(=O)Nc2ccccc2C(=O)O)CC(C)S1.